The van der Waals surface area contributed by atoms with Crippen LogP contribution in [0.5, 0.6) is 0 Å². The van der Waals surface area contributed by atoms with E-state index in [1.807, 2.05) is 37.8 Å². The number of aromatic nitrogens is 2. The minimum absolute atomic E-state index is 0.0397. The van der Waals surface area contributed by atoms with Crippen LogP contribution in [0.2, 0.25) is 0 Å². The summed E-state index contributed by atoms with van der Waals surface area (Å²) in [7, 11) is 1.87. The fourth-order valence-corrected chi connectivity index (χ4v) is 3.78. The molecular weight excluding hydrogens is 274 g/mol. The lowest BCUT2D eigenvalue weighted by Crippen LogP contribution is -2.40. The van der Waals surface area contributed by atoms with E-state index in [9.17, 15) is 9.90 Å². The molecular formula is C14H17N3O2S. The van der Waals surface area contributed by atoms with Gasteiger partial charge in [-0.15, -0.1) is 11.3 Å². The van der Waals surface area contributed by atoms with Gasteiger partial charge in [-0.25, -0.2) is 0 Å². The number of rotatable bonds is 3. The van der Waals surface area contributed by atoms with Crippen molar-refractivity contribution in [3.63, 3.8) is 0 Å². The predicted molar refractivity (Wildman–Crippen MR) is 76.7 cm³/mol. The molecule has 6 heteroatoms. The van der Waals surface area contributed by atoms with E-state index in [0.29, 0.717) is 0 Å². The van der Waals surface area contributed by atoms with Gasteiger partial charge in [0.05, 0.1) is 6.20 Å². The molecule has 0 saturated heterocycles. The second kappa shape index (κ2) is 5.03. The number of thiophene rings is 1. The summed E-state index contributed by atoms with van der Waals surface area (Å²) in [5, 5.41) is 15.8. The van der Waals surface area contributed by atoms with Crippen LogP contribution in [0.4, 0.5) is 0 Å². The van der Waals surface area contributed by atoms with Crippen molar-refractivity contribution in [1.82, 2.24) is 14.7 Å². The molecule has 0 amide bonds. The molecule has 1 N–H and O–H groups in total. The Kier molecular flexibility index (Phi) is 3.35. The van der Waals surface area contributed by atoms with Crippen LogP contribution in [0.1, 0.15) is 35.0 Å². The summed E-state index contributed by atoms with van der Waals surface area (Å²) >= 11 is 1.65. The van der Waals surface area contributed by atoms with Crippen LogP contribution >= 0.6 is 11.3 Å². The lowest BCUT2D eigenvalue weighted by atomic mass is 9.97. The Labute approximate surface area is 121 Å². The summed E-state index contributed by atoms with van der Waals surface area (Å²) in [5.41, 5.74) is 2.00. The SMILES string of the molecule is CC(c1cnn(C)c1)N1CCc2sccc2C1C(=O)O. The van der Waals surface area contributed by atoms with Gasteiger partial charge in [-0.3, -0.25) is 14.4 Å². The first-order valence-corrected chi connectivity index (χ1v) is 7.49. The molecule has 2 atom stereocenters. The van der Waals surface area contributed by atoms with Gasteiger partial charge in [0.15, 0.2) is 0 Å². The topological polar surface area (TPSA) is 58.4 Å². The molecule has 20 heavy (non-hydrogen) atoms. The highest BCUT2D eigenvalue weighted by atomic mass is 32.1. The monoisotopic (exact) mass is 291 g/mol. The summed E-state index contributed by atoms with van der Waals surface area (Å²) in [6.45, 7) is 2.81. The van der Waals surface area contributed by atoms with E-state index in [2.05, 4.69) is 10.00 Å². The van der Waals surface area contributed by atoms with E-state index < -0.39 is 12.0 Å². The van der Waals surface area contributed by atoms with E-state index in [4.69, 9.17) is 0 Å². The van der Waals surface area contributed by atoms with Crippen LogP contribution < -0.4 is 0 Å². The van der Waals surface area contributed by atoms with Crippen molar-refractivity contribution < 1.29 is 9.90 Å². The van der Waals surface area contributed by atoms with E-state index >= 15 is 0 Å². The Bertz CT molecular complexity index is 634. The van der Waals surface area contributed by atoms with Gasteiger partial charge in [0.1, 0.15) is 6.04 Å². The fraction of sp³-hybridized carbons (Fsp3) is 0.429. The molecule has 2 aromatic heterocycles. The lowest BCUT2D eigenvalue weighted by Gasteiger charge is -2.37. The number of carboxylic acid groups (broad SMARTS) is 1. The molecule has 0 spiro atoms. The van der Waals surface area contributed by atoms with Gasteiger partial charge in [0.2, 0.25) is 0 Å². The number of aryl methyl sites for hydroxylation is 1. The van der Waals surface area contributed by atoms with Crippen molar-refractivity contribution in [3.8, 4) is 0 Å². The molecule has 1 aliphatic rings. The number of hydrogen-bond acceptors (Lipinski definition) is 4. The molecule has 0 bridgehead atoms. The van der Waals surface area contributed by atoms with Crippen molar-refractivity contribution in [1.29, 1.82) is 0 Å². The quantitative estimate of drug-likeness (QED) is 0.942. The Morgan fingerprint density at radius 2 is 2.40 bits per heavy atom. The third kappa shape index (κ3) is 2.14. The summed E-state index contributed by atoms with van der Waals surface area (Å²) in [6, 6.07) is 1.43. The number of carboxylic acids is 1. The largest absolute Gasteiger partial charge is 0.480 e. The van der Waals surface area contributed by atoms with Gasteiger partial charge in [-0.1, -0.05) is 0 Å². The van der Waals surface area contributed by atoms with Crippen molar-refractivity contribution in [3.05, 3.63) is 39.8 Å². The second-order valence-electron chi connectivity index (χ2n) is 5.15. The second-order valence-corrected chi connectivity index (χ2v) is 6.15. The standard InChI is InChI=1S/C14H17N3O2S/c1-9(10-7-15-16(2)8-10)17-5-3-12-11(4-6-20-12)13(17)14(18)19/h4,6-9,13H,3,5H2,1-2H3,(H,18,19). The van der Waals surface area contributed by atoms with Crippen molar-refractivity contribution in [2.45, 2.75) is 25.4 Å². The Hall–Kier alpha value is -1.66. The lowest BCUT2D eigenvalue weighted by molar-refractivity contribution is -0.145. The first kappa shape index (κ1) is 13.3. The summed E-state index contributed by atoms with van der Waals surface area (Å²) in [6.07, 6.45) is 4.68. The molecule has 2 unspecified atom stereocenters. The zero-order valence-corrected chi connectivity index (χ0v) is 12.3. The minimum Gasteiger partial charge on any atom is -0.480 e. The predicted octanol–water partition coefficient (Wildman–Crippen LogP) is 2.23. The smallest absolute Gasteiger partial charge is 0.325 e. The molecule has 2 aromatic rings. The maximum atomic E-state index is 11.7. The molecule has 1 aliphatic heterocycles. The van der Waals surface area contributed by atoms with Crippen LogP contribution in [0.15, 0.2) is 23.8 Å². The van der Waals surface area contributed by atoms with Crippen molar-refractivity contribution in [2.24, 2.45) is 7.05 Å². The molecule has 0 fully saturated rings. The molecule has 0 aromatic carbocycles. The van der Waals surface area contributed by atoms with Gasteiger partial charge >= 0.3 is 5.97 Å². The minimum atomic E-state index is -0.778. The third-order valence-corrected chi connectivity index (χ3v) is 4.94. The van der Waals surface area contributed by atoms with E-state index in [0.717, 1.165) is 24.1 Å². The van der Waals surface area contributed by atoms with E-state index in [1.165, 1.54) is 4.88 Å². The average Bonchev–Trinajstić information content (AvgIpc) is 3.04. The van der Waals surface area contributed by atoms with E-state index in [-0.39, 0.29) is 6.04 Å². The fourth-order valence-electron chi connectivity index (χ4n) is 2.88. The molecule has 0 radical (unpaired) electrons. The van der Waals surface area contributed by atoms with Crippen molar-refractivity contribution in [2.75, 3.05) is 6.54 Å². The number of aliphatic carboxylic acids is 1. The van der Waals surface area contributed by atoms with Crippen LogP contribution in [0, 0.1) is 0 Å². The number of nitrogens with zero attached hydrogens (tertiary/aromatic N) is 3. The van der Waals surface area contributed by atoms with E-state index in [1.54, 1.807) is 16.0 Å². The van der Waals surface area contributed by atoms with Crippen LogP contribution in [-0.2, 0) is 18.3 Å². The molecule has 3 rings (SSSR count). The average molecular weight is 291 g/mol. The third-order valence-electron chi connectivity index (χ3n) is 3.94. The number of carbonyl (C=O) groups is 1. The zero-order chi connectivity index (χ0) is 14.3. The Balaban J connectivity index is 1.95. The van der Waals surface area contributed by atoms with Gasteiger partial charge in [0.25, 0.3) is 0 Å². The summed E-state index contributed by atoms with van der Waals surface area (Å²) in [5.74, 6) is -0.778. The first-order valence-electron chi connectivity index (χ1n) is 6.61. The highest BCUT2D eigenvalue weighted by Crippen LogP contribution is 2.38. The van der Waals surface area contributed by atoms with Crippen molar-refractivity contribution >= 4 is 17.3 Å². The summed E-state index contributed by atoms with van der Waals surface area (Å²) < 4.78 is 1.75. The zero-order valence-electron chi connectivity index (χ0n) is 11.5. The molecule has 3 heterocycles. The normalized spacial score (nSPS) is 20.6. The van der Waals surface area contributed by atoms with Gasteiger partial charge < -0.3 is 5.11 Å². The summed E-state index contributed by atoms with van der Waals surface area (Å²) in [4.78, 5) is 15.0. The van der Waals surface area contributed by atoms with Crippen LogP contribution in [-0.4, -0.2) is 32.3 Å². The number of fused-ring (bicyclic) bond motifs is 1. The Morgan fingerprint density at radius 1 is 1.60 bits per heavy atom. The maximum absolute atomic E-state index is 11.7. The highest BCUT2D eigenvalue weighted by molar-refractivity contribution is 7.10. The van der Waals surface area contributed by atoms with Gasteiger partial charge in [-0.2, -0.15) is 5.10 Å². The number of hydrogen-bond donors (Lipinski definition) is 1. The van der Waals surface area contributed by atoms with Gasteiger partial charge in [-0.05, 0) is 30.4 Å². The van der Waals surface area contributed by atoms with Gasteiger partial charge in [0, 0.05) is 36.3 Å². The molecule has 106 valence electrons. The highest BCUT2D eigenvalue weighted by Gasteiger charge is 2.36. The van der Waals surface area contributed by atoms with Crippen LogP contribution in [0.3, 0.4) is 0 Å². The van der Waals surface area contributed by atoms with Crippen LogP contribution in [0.25, 0.3) is 0 Å². The first-order chi connectivity index (χ1) is 9.58. The molecule has 5 nitrogen and oxygen atoms in total. The maximum Gasteiger partial charge on any atom is 0.325 e. The molecule has 0 aliphatic carbocycles. The molecule has 0 saturated carbocycles. The Morgan fingerprint density at radius 3 is 3.05 bits per heavy atom.